The van der Waals surface area contributed by atoms with Crippen molar-refractivity contribution in [3.63, 3.8) is 0 Å². The van der Waals surface area contributed by atoms with Gasteiger partial charge in [-0.3, -0.25) is 0 Å². The highest BCUT2D eigenvalue weighted by Crippen LogP contribution is 2.26. The SMILES string of the molecule is OCCCCOc1ccc2c(c1)NCCC2. The van der Waals surface area contributed by atoms with Gasteiger partial charge in [0.15, 0.2) is 0 Å². The van der Waals surface area contributed by atoms with Gasteiger partial charge in [-0.15, -0.1) is 0 Å². The number of hydrogen-bond donors (Lipinski definition) is 2. The quantitative estimate of drug-likeness (QED) is 0.749. The number of nitrogens with one attached hydrogen (secondary N) is 1. The number of hydrogen-bond acceptors (Lipinski definition) is 3. The van der Waals surface area contributed by atoms with E-state index in [4.69, 9.17) is 9.84 Å². The molecule has 88 valence electrons. The van der Waals surface area contributed by atoms with E-state index in [1.807, 2.05) is 6.07 Å². The summed E-state index contributed by atoms with van der Waals surface area (Å²) in [7, 11) is 0. The number of aliphatic hydroxyl groups is 1. The standard InChI is InChI=1S/C13H19NO2/c15-8-1-2-9-16-12-6-5-11-4-3-7-14-13(11)10-12/h5-6,10,14-15H,1-4,7-9H2. The van der Waals surface area contributed by atoms with Crippen LogP contribution in [-0.2, 0) is 6.42 Å². The normalized spacial score (nSPS) is 14.1. The van der Waals surface area contributed by atoms with Crippen molar-refractivity contribution in [1.29, 1.82) is 0 Å². The van der Waals surface area contributed by atoms with E-state index in [9.17, 15) is 0 Å². The van der Waals surface area contributed by atoms with Crippen molar-refractivity contribution in [3.8, 4) is 5.75 Å². The first-order valence-corrected chi connectivity index (χ1v) is 6.00. The van der Waals surface area contributed by atoms with Crippen molar-refractivity contribution in [2.75, 3.05) is 25.1 Å². The minimum atomic E-state index is 0.245. The molecule has 0 amide bonds. The molecule has 1 aliphatic heterocycles. The zero-order valence-electron chi connectivity index (χ0n) is 9.54. The molecular weight excluding hydrogens is 202 g/mol. The van der Waals surface area contributed by atoms with Crippen LogP contribution in [0.1, 0.15) is 24.8 Å². The van der Waals surface area contributed by atoms with Crippen molar-refractivity contribution in [2.24, 2.45) is 0 Å². The predicted octanol–water partition coefficient (Wildman–Crippen LogP) is 2.20. The van der Waals surface area contributed by atoms with Gasteiger partial charge in [-0.1, -0.05) is 6.07 Å². The van der Waals surface area contributed by atoms with Gasteiger partial charge in [-0.25, -0.2) is 0 Å². The molecule has 0 aliphatic carbocycles. The summed E-state index contributed by atoms with van der Waals surface area (Å²) >= 11 is 0. The van der Waals surface area contributed by atoms with Gasteiger partial charge in [0.2, 0.25) is 0 Å². The minimum absolute atomic E-state index is 0.245. The van der Waals surface area contributed by atoms with Crippen LogP contribution in [0.15, 0.2) is 18.2 Å². The molecule has 0 radical (unpaired) electrons. The summed E-state index contributed by atoms with van der Waals surface area (Å²) in [6.45, 7) is 1.98. The molecule has 16 heavy (non-hydrogen) atoms. The van der Waals surface area contributed by atoms with Gasteiger partial charge in [0.1, 0.15) is 5.75 Å². The topological polar surface area (TPSA) is 41.5 Å². The number of fused-ring (bicyclic) bond motifs is 1. The van der Waals surface area contributed by atoms with Crippen molar-refractivity contribution in [3.05, 3.63) is 23.8 Å². The average Bonchev–Trinajstić information content (AvgIpc) is 2.34. The second-order valence-corrected chi connectivity index (χ2v) is 4.13. The monoisotopic (exact) mass is 221 g/mol. The second kappa shape index (κ2) is 5.75. The molecule has 0 atom stereocenters. The van der Waals surface area contributed by atoms with Crippen LogP contribution in [-0.4, -0.2) is 24.9 Å². The lowest BCUT2D eigenvalue weighted by Gasteiger charge is -2.18. The highest BCUT2D eigenvalue weighted by molar-refractivity contribution is 5.56. The maximum absolute atomic E-state index is 8.66. The molecule has 0 unspecified atom stereocenters. The van der Waals surface area contributed by atoms with Gasteiger partial charge < -0.3 is 15.2 Å². The van der Waals surface area contributed by atoms with E-state index >= 15 is 0 Å². The summed E-state index contributed by atoms with van der Waals surface area (Å²) in [6.07, 6.45) is 4.08. The summed E-state index contributed by atoms with van der Waals surface area (Å²) in [5, 5.41) is 12.0. The van der Waals surface area contributed by atoms with Gasteiger partial charge in [0.25, 0.3) is 0 Å². The Balaban J connectivity index is 1.90. The zero-order chi connectivity index (χ0) is 11.2. The number of aryl methyl sites for hydroxylation is 1. The van der Waals surface area contributed by atoms with Gasteiger partial charge in [0.05, 0.1) is 6.61 Å². The van der Waals surface area contributed by atoms with E-state index in [-0.39, 0.29) is 6.61 Å². The Bertz CT molecular complexity index is 339. The molecule has 0 saturated heterocycles. The largest absolute Gasteiger partial charge is 0.494 e. The molecule has 0 fully saturated rings. The van der Waals surface area contributed by atoms with E-state index in [1.54, 1.807) is 0 Å². The third kappa shape index (κ3) is 2.89. The van der Waals surface area contributed by atoms with Gasteiger partial charge in [0, 0.05) is 24.9 Å². The smallest absolute Gasteiger partial charge is 0.121 e. The zero-order valence-corrected chi connectivity index (χ0v) is 9.54. The third-order valence-electron chi connectivity index (χ3n) is 2.84. The molecule has 0 spiro atoms. The van der Waals surface area contributed by atoms with Crippen molar-refractivity contribution in [2.45, 2.75) is 25.7 Å². The van der Waals surface area contributed by atoms with Crippen molar-refractivity contribution < 1.29 is 9.84 Å². The number of anilines is 1. The Morgan fingerprint density at radius 3 is 3.12 bits per heavy atom. The molecule has 1 aliphatic rings. The Kier molecular flexibility index (Phi) is 4.05. The van der Waals surface area contributed by atoms with Crippen LogP contribution in [0.2, 0.25) is 0 Å². The fourth-order valence-corrected chi connectivity index (χ4v) is 1.93. The minimum Gasteiger partial charge on any atom is -0.494 e. The highest BCUT2D eigenvalue weighted by atomic mass is 16.5. The number of rotatable bonds is 5. The first-order chi connectivity index (χ1) is 7.90. The molecular formula is C13H19NO2. The van der Waals surface area contributed by atoms with E-state index in [0.717, 1.165) is 31.6 Å². The molecule has 1 aromatic rings. The lowest BCUT2D eigenvalue weighted by atomic mass is 10.0. The first-order valence-electron chi connectivity index (χ1n) is 6.00. The first kappa shape index (κ1) is 11.3. The van der Waals surface area contributed by atoms with E-state index in [2.05, 4.69) is 17.4 Å². The summed E-state index contributed by atoms with van der Waals surface area (Å²) in [4.78, 5) is 0. The number of ether oxygens (including phenoxy) is 1. The van der Waals surface area contributed by atoms with Crippen LogP contribution in [0.25, 0.3) is 0 Å². The summed E-state index contributed by atoms with van der Waals surface area (Å²) in [6, 6.07) is 6.25. The average molecular weight is 221 g/mol. The molecule has 3 nitrogen and oxygen atoms in total. The van der Waals surface area contributed by atoms with Crippen LogP contribution in [0, 0.1) is 0 Å². The number of unbranched alkanes of at least 4 members (excludes halogenated alkanes) is 1. The van der Waals surface area contributed by atoms with Gasteiger partial charge in [-0.2, -0.15) is 0 Å². The second-order valence-electron chi connectivity index (χ2n) is 4.13. The van der Waals surface area contributed by atoms with Crippen molar-refractivity contribution in [1.82, 2.24) is 0 Å². The fraction of sp³-hybridized carbons (Fsp3) is 0.538. The Labute approximate surface area is 96.4 Å². The molecule has 0 bridgehead atoms. The van der Waals surface area contributed by atoms with E-state index in [0.29, 0.717) is 6.61 Å². The Morgan fingerprint density at radius 1 is 1.31 bits per heavy atom. The molecule has 1 heterocycles. The van der Waals surface area contributed by atoms with Crippen LogP contribution in [0.3, 0.4) is 0 Å². The van der Waals surface area contributed by atoms with Crippen molar-refractivity contribution >= 4 is 5.69 Å². The molecule has 3 heteroatoms. The summed E-state index contributed by atoms with van der Waals surface area (Å²) in [5.74, 6) is 0.922. The Hall–Kier alpha value is -1.22. The van der Waals surface area contributed by atoms with Gasteiger partial charge >= 0.3 is 0 Å². The number of benzene rings is 1. The summed E-state index contributed by atoms with van der Waals surface area (Å²) < 4.78 is 5.62. The van der Waals surface area contributed by atoms with Crippen LogP contribution in [0.4, 0.5) is 5.69 Å². The Morgan fingerprint density at radius 2 is 2.25 bits per heavy atom. The lowest BCUT2D eigenvalue weighted by Crippen LogP contribution is -2.11. The van der Waals surface area contributed by atoms with Crippen LogP contribution in [0.5, 0.6) is 5.75 Å². The van der Waals surface area contributed by atoms with Crippen LogP contribution < -0.4 is 10.1 Å². The molecule has 2 rings (SSSR count). The summed E-state index contributed by atoms with van der Waals surface area (Å²) in [5.41, 5.74) is 2.60. The molecule has 2 N–H and O–H groups in total. The fourth-order valence-electron chi connectivity index (χ4n) is 1.93. The molecule has 1 aromatic carbocycles. The molecule has 0 saturated carbocycles. The van der Waals surface area contributed by atoms with Crippen LogP contribution >= 0.6 is 0 Å². The highest BCUT2D eigenvalue weighted by Gasteiger charge is 2.08. The number of aliphatic hydroxyl groups excluding tert-OH is 1. The lowest BCUT2D eigenvalue weighted by molar-refractivity contribution is 0.253. The maximum Gasteiger partial charge on any atom is 0.121 e. The maximum atomic E-state index is 8.66. The third-order valence-corrected chi connectivity index (χ3v) is 2.84. The van der Waals surface area contributed by atoms with E-state index < -0.39 is 0 Å². The predicted molar refractivity (Wildman–Crippen MR) is 65.1 cm³/mol. The van der Waals surface area contributed by atoms with Gasteiger partial charge in [-0.05, 0) is 37.3 Å². The molecule has 0 aromatic heterocycles. The van der Waals surface area contributed by atoms with E-state index in [1.165, 1.54) is 17.7 Å².